The quantitative estimate of drug-likeness (QED) is 0.756. The zero-order chi connectivity index (χ0) is 18.9. The molecule has 3 aliphatic rings. The van der Waals surface area contributed by atoms with Gasteiger partial charge in [0.05, 0.1) is 17.9 Å². The lowest BCUT2D eigenvalue weighted by Crippen LogP contribution is -2.48. The molecule has 7 nitrogen and oxygen atoms in total. The summed E-state index contributed by atoms with van der Waals surface area (Å²) < 4.78 is 1.66. The van der Waals surface area contributed by atoms with E-state index in [2.05, 4.69) is 37.2 Å². The highest BCUT2D eigenvalue weighted by Crippen LogP contribution is 2.38. The second kappa shape index (κ2) is 7.83. The Labute approximate surface area is 169 Å². The van der Waals surface area contributed by atoms with Gasteiger partial charge in [-0.1, -0.05) is 0 Å². The minimum absolute atomic E-state index is 0.0333. The molecule has 0 unspecified atom stereocenters. The summed E-state index contributed by atoms with van der Waals surface area (Å²) in [5.74, 6) is 3.66. The van der Waals surface area contributed by atoms with E-state index in [9.17, 15) is 4.79 Å². The van der Waals surface area contributed by atoms with Crippen molar-refractivity contribution in [2.75, 3.05) is 43.4 Å². The van der Waals surface area contributed by atoms with Crippen molar-refractivity contribution in [2.24, 2.45) is 0 Å². The summed E-state index contributed by atoms with van der Waals surface area (Å²) in [6.45, 7) is 5.36. The number of thioether (sulfide) groups is 1. The number of rotatable bonds is 5. The molecule has 0 atom stereocenters. The van der Waals surface area contributed by atoms with E-state index in [0.29, 0.717) is 12.5 Å². The monoisotopic (exact) mass is 398 g/mol. The molecule has 2 aromatic heterocycles. The van der Waals surface area contributed by atoms with Crippen LogP contribution in [0.5, 0.6) is 0 Å². The van der Waals surface area contributed by atoms with Crippen LogP contribution in [0.2, 0.25) is 0 Å². The Balaban J connectivity index is 1.15. The summed E-state index contributed by atoms with van der Waals surface area (Å²) in [7, 11) is 0. The van der Waals surface area contributed by atoms with Crippen molar-refractivity contribution in [1.82, 2.24) is 24.9 Å². The molecule has 28 heavy (non-hydrogen) atoms. The van der Waals surface area contributed by atoms with Gasteiger partial charge in [0.1, 0.15) is 0 Å². The third-order valence-electron chi connectivity index (χ3n) is 5.90. The highest BCUT2D eigenvalue weighted by molar-refractivity contribution is 7.98. The van der Waals surface area contributed by atoms with E-state index in [1.165, 1.54) is 12.8 Å². The molecular formula is C20H26N6OS. The molecule has 0 amide bonds. The van der Waals surface area contributed by atoms with Crippen LogP contribution < -0.4 is 10.5 Å². The second-order valence-electron chi connectivity index (χ2n) is 7.90. The topological polar surface area (TPSA) is 67.2 Å². The molecular weight excluding hydrogens is 372 g/mol. The highest BCUT2D eigenvalue weighted by Gasteiger charge is 2.26. The van der Waals surface area contributed by atoms with Gasteiger partial charge in [0, 0.05) is 56.9 Å². The Morgan fingerprint density at radius 2 is 1.93 bits per heavy atom. The van der Waals surface area contributed by atoms with Gasteiger partial charge in [-0.25, -0.2) is 4.68 Å². The highest BCUT2D eigenvalue weighted by atomic mass is 32.2. The average molecular weight is 399 g/mol. The molecule has 0 radical (unpaired) electrons. The van der Waals surface area contributed by atoms with Crippen molar-refractivity contribution in [3.63, 3.8) is 0 Å². The molecule has 2 aliphatic heterocycles. The third kappa shape index (κ3) is 3.93. The molecule has 2 aromatic rings. The summed E-state index contributed by atoms with van der Waals surface area (Å²) in [6.07, 6.45) is 3.49. The van der Waals surface area contributed by atoms with Crippen molar-refractivity contribution >= 4 is 17.6 Å². The molecule has 0 bridgehead atoms. The first-order chi connectivity index (χ1) is 13.8. The molecule has 0 N–H and O–H groups in total. The molecule has 1 aliphatic carbocycles. The minimum Gasteiger partial charge on any atom is -0.353 e. The van der Waals surface area contributed by atoms with Crippen LogP contribution in [0, 0.1) is 0 Å². The van der Waals surface area contributed by atoms with E-state index in [1.807, 2.05) is 11.8 Å². The second-order valence-corrected chi connectivity index (χ2v) is 9.00. The first-order valence-electron chi connectivity index (χ1n) is 10.2. The average Bonchev–Trinajstić information content (AvgIpc) is 3.58. The molecule has 0 spiro atoms. The summed E-state index contributed by atoms with van der Waals surface area (Å²) in [5, 5.41) is 13.5. The maximum absolute atomic E-state index is 12.3. The van der Waals surface area contributed by atoms with Crippen molar-refractivity contribution in [3.8, 4) is 0 Å². The van der Waals surface area contributed by atoms with Gasteiger partial charge in [0.25, 0.3) is 5.56 Å². The Morgan fingerprint density at radius 1 is 1.07 bits per heavy atom. The minimum atomic E-state index is 0.0333. The van der Waals surface area contributed by atoms with E-state index in [1.54, 1.807) is 10.7 Å². The fourth-order valence-electron chi connectivity index (χ4n) is 3.95. The number of fused-ring (bicyclic) bond motifs is 1. The molecule has 1 saturated carbocycles. The van der Waals surface area contributed by atoms with Gasteiger partial charge in [0.2, 0.25) is 0 Å². The number of anilines is 1. The molecule has 8 heteroatoms. The third-order valence-corrected chi connectivity index (χ3v) is 6.90. The van der Waals surface area contributed by atoms with Crippen molar-refractivity contribution < 1.29 is 0 Å². The summed E-state index contributed by atoms with van der Waals surface area (Å²) >= 11 is 1.88. The SMILES string of the molecule is O=c1cc2c(nn1CCN1CCN(c3ccc(C4CC4)nn3)CC1)CCSC2. The van der Waals surface area contributed by atoms with Crippen molar-refractivity contribution in [3.05, 3.63) is 45.5 Å². The van der Waals surface area contributed by atoms with E-state index >= 15 is 0 Å². The lowest BCUT2D eigenvalue weighted by molar-refractivity contribution is 0.241. The zero-order valence-electron chi connectivity index (χ0n) is 16.1. The Bertz CT molecular complexity index is 887. The van der Waals surface area contributed by atoms with Gasteiger partial charge in [-0.15, -0.1) is 5.10 Å². The Kier molecular flexibility index (Phi) is 5.07. The summed E-state index contributed by atoms with van der Waals surface area (Å²) in [5.41, 5.74) is 3.41. The predicted octanol–water partition coefficient (Wildman–Crippen LogP) is 1.52. The maximum atomic E-state index is 12.3. The van der Waals surface area contributed by atoms with Gasteiger partial charge < -0.3 is 4.90 Å². The fourth-order valence-corrected chi connectivity index (χ4v) is 4.90. The smallest absolute Gasteiger partial charge is 0.267 e. The predicted molar refractivity (Wildman–Crippen MR) is 111 cm³/mol. The van der Waals surface area contributed by atoms with Crippen LogP contribution in [0.4, 0.5) is 5.82 Å². The normalized spacial score (nSPS) is 20.2. The van der Waals surface area contributed by atoms with Crippen molar-refractivity contribution in [1.29, 1.82) is 0 Å². The van der Waals surface area contributed by atoms with Gasteiger partial charge in [-0.3, -0.25) is 9.69 Å². The van der Waals surface area contributed by atoms with Crippen molar-refractivity contribution in [2.45, 2.75) is 37.5 Å². The molecule has 0 aromatic carbocycles. The van der Waals surface area contributed by atoms with E-state index in [0.717, 1.165) is 73.4 Å². The number of aryl methyl sites for hydroxylation is 1. The zero-order valence-corrected chi connectivity index (χ0v) is 16.9. The Hall–Kier alpha value is -1.93. The number of piperazine rings is 1. The molecule has 4 heterocycles. The Morgan fingerprint density at radius 3 is 2.68 bits per heavy atom. The fraction of sp³-hybridized carbons (Fsp3) is 0.600. The first kappa shape index (κ1) is 18.1. The van der Waals surface area contributed by atoms with Gasteiger partial charge in [-0.2, -0.15) is 22.0 Å². The molecule has 2 fully saturated rings. The van der Waals surface area contributed by atoms with Crippen LogP contribution in [0.15, 0.2) is 23.0 Å². The molecule has 148 valence electrons. The number of hydrogen-bond donors (Lipinski definition) is 0. The lowest BCUT2D eigenvalue weighted by Gasteiger charge is -2.35. The van der Waals surface area contributed by atoms with Crippen LogP contribution >= 0.6 is 11.8 Å². The van der Waals surface area contributed by atoms with Crippen LogP contribution in [-0.2, 0) is 18.7 Å². The van der Waals surface area contributed by atoms with E-state index in [4.69, 9.17) is 0 Å². The van der Waals surface area contributed by atoms with Crippen LogP contribution in [-0.4, -0.2) is 63.4 Å². The standard InChI is InChI=1S/C20H26N6OS/c27-20-13-16-14-28-12-5-18(16)23-26(20)11-8-24-6-9-25(10-7-24)19-4-3-17(21-22-19)15-1-2-15/h3-4,13,15H,1-2,5-12,14H2. The van der Waals surface area contributed by atoms with Gasteiger partial charge in [0.15, 0.2) is 5.82 Å². The van der Waals surface area contributed by atoms with Crippen LogP contribution in [0.1, 0.15) is 35.7 Å². The number of aromatic nitrogens is 4. The van der Waals surface area contributed by atoms with Gasteiger partial charge >= 0.3 is 0 Å². The van der Waals surface area contributed by atoms with E-state index in [-0.39, 0.29) is 5.56 Å². The molecule has 1 saturated heterocycles. The van der Waals surface area contributed by atoms with E-state index < -0.39 is 0 Å². The summed E-state index contributed by atoms with van der Waals surface area (Å²) in [4.78, 5) is 17.0. The number of nitrogens with zero attached hydrogens (tertiary/aromatic N) is 6. The summed E-state index contributed by atoms with van der Waals surface area (Å²) in [6, 6.07) is 6.04. The largest absolute Gasteiger partial charge is 0.353 e. The van der Waals surface area contributed by atoms with Crippen LogP contribution in [0.3, 0.4) is 0 Å². The maximum Gasteiger partial charge on any atom is 0.267 e. The first-order valence-corrected chi connectivity index (χ1v) is 11.4. The molecule has 5 rings (SSSR count). The number of hydrogen-bond acceptors (Lipinski definition) is 7. The van der Waals surface area contributed by atoms with Crippen LogP contribution in [0.25, 0.3) is 0 Å². The lowest BCUT2D eigenvalue weighted by atomic mass is 10.2. The van der Waals surface area contributed by atoms with Gasteiger partial charge in [-0.05, 0) is 36.3 Å².